The van der Waals surface area contributed by atoms with Crippen molar-refractivity contribution < 1.29 is 13.2 Å². The SMILES string of the molecule is CCC(=O)Nc1ccc(S(=O)(=O)Nc2nccc(C=Cc3ccccc3Cl)n2)cc1. The number of rotatable bonds is 7. The van der Waals surface area contributed by atoms with Gasteiger partial charge in [0.15, 0.2) is 0 Å². The van der Waals surface area contributed by atoms with E-state index in [0.29, 0.717) is 22.8 Å². The molecular formula is C21H19ClN4O3S. The van der Waals surface area contributed by atoms with Gasteiger partial charge in [0.25, 0.3) is 10.0 Å². The molecule has 1 amide bonds. The molecule has 9 heteroatoms. The number of hydrogen-bond acceptors (Lipinski definition) is 5. The van der Waals surface area contributed by atoms with Crippen molar-refractivity contribution in [1.82, 2.24) is 9.97 Å². The van der Waals surface area contributed by atoms with Crippen LogP contribution in [0.2, 0.25) is 5.02 Å². The maximum absolute atomic E-state index is 12.6. The average molecular weight is 443 g/mol. The molecule has 2 N–H and O–H groups in total. The second-order valence-corrected chi connectivity index (χ2v) is 8.28. The van der Waals surface area contributed by atoms with Crippen LogP contribution in [-0.2, 0) is 14.8 Å². The van der Waals surface area contributed by atoms with Crippen molar-refractivity contribution in [3.05, 3.63) is 77.1 Å². The van der Waals surface area contributed by atoms with E-state index >= 15 is 0 Å². The molecule has 0 bridgehead atoms. The molecule has 1 heterocycles. The summed E-state index contributed by atoms with van der Waals surface area (Å²) in [5.41, 5.74) is 1.85. The molecule has 3 rings (SSSR count). The Hall–Kier alpha value is -3.23. The standard InChI is InChI=1S/C21H19ClN4O3S/c1-2-20(27)24-16-9-11-18(12-10-16)30(28,29)26-21-23-14-13-17(25-21)8-7-15-5-3-4-6-19(15)22/h3-14H,2H2,1H3,(H,24,27)(H,23,25,26). The third-order valence-electron chi connectivity index (χ3n) is 4.01. The zero-order valence-corrected chi connectivity index (χ0v) is 17.6. The van der Waals surface area contributed by atoms with Crippen LogP contribution in [0.15, 0.2) is 65.7 Å². The van der Waals surface area contributed by atoms with E-state index in [4.69, 9.17) is 11.6 Å². The molecule has 0 radical (unpaired) electrons. The van der Waals surface area contributed by atoms with E-state index in [2.05, 4.69) is 20.0 Å². The van der Waals surface area contributed by atoms with E-state index in [-0.39, 0.29) is 16.8 Å². The van der Waals surface area contributed by atoms with Crippen LogP contribution in [0.5, 0.6) is 0 Å². The number of benzene rings is 2. The molecule has 0 spiro atoms. The van der Waals surface area contributed by atoms with Crippen LogP contribution < -0.4 is 10.0 Å². The topological polar surface area (TPSA) is 101 Å². The molecule has 154 valence electrons. The zero-order valence-electron chi connectivity index (χ0n) is 16.0. The van der Waals surface area contributed by atoms with Gasteiger partial charge in [0, 0.05) is 23.3 Å². The van der Waals surface area contributed by atoms with Gasteiger partial charge in [0.05, 0.1) is 10.6 Å². The van der Waals surface area contributed by atoms with Crippen molar-refractivity contribution in [3.8, 4) is 0 Å². The molecule has 0 saturated heterocycles. The summed E-state index contributed by atoms with van der Waals surface area (Å²) in [7, 11) is -3.89. The quantitative estimate of drug-likeness (QED) is 0.562. The minimum atomic E-state index is -3.89. The minimum absolute atomic E-state index is 0.0256. The van der Waals surface area contributed by atoms with Gasteiger partial charge in [-0.05, 0) is 48.0 Å². The minimum Gasteiger partial charge on any atom is -0.326 e. The van der Waals surface area contributed by atoms with Crippen molar-refractivity contribution in [1.29, 1.82) is 0 Å². The molecule has 0 saturated carbocycles. The predicted molar refractivity (Wildman–Crippen MR) is 119 cm³/mol. The van der Waals surface area contributed by atoms with Gasteiger partial charge >= 0.3 is 0 Å². The molecule has 3 aromatic rings. The lowest BCUT2D eigenvalue weighted by molar-refractivity contribution is -0.115. The number of halogens is 1. The summed E-state index contributed by atoms with van der Waals surface area (Å²) in [6.07, 6.45) is 5.29. The van der Waals surface area contributed by atoms with Gasteiger partial charge in [-0.15, -0.1) is 0 Å². The van der Waals surface area contributed by atoms with Crippen LogP contribution in [0.25, 0.3) is 12.2 Å². The summed E-state index contributed by atoms with van der Waals surface area (Å²) in [6, 6.07) is 14.8. The number of nitrogens with zero attached hydrogens (tertiary/aromatic N) is 2. The molecule has 30 heavy (non-hydrogen) atoms. The van der Waals surface area contributed by atoms with E-state index in [1.54, 1.807) is 31.2 Å². The van der Waals surface area contributed by atoms with Gasteiger partial charge in [-0.2, -0.15) is 0 Å². The van der Waals surface area contributed by atoms with E-state index in [0.717, 1.165) is 5.56 Å². The van der Waals surface area contributed by atoms with Gasteiger partial charge < -0.3 is 5.32 Å². The number of carbonyl (C=O) groups excluding carboxylic acids is 1. The van der Waals surface area contributed by atoms with E-state index < -0.39 is 10.0 Å². The molecule has 0 aliphatic carbocycles. The lowest BCUT2D eigenvalue weighted by Crippen LogP contribution is -2.15. The second-order valence-electron chi connectivity index (χ2n) is 6.19. The van der Waals surface area contributed by atoms with Crippen LogP contribution in [0.4, 0.5) is 11.6 Å². The molecule has 0 unspecified atom stereocenters. The Morgan fingerprint density at radius 3 is 2.50 bits per heavy atom. The first-order valence-electron chi connectivity index (χ1n) is 9.06. The van der Waals surface area contributed by atoms with Crippen LogP contribution in [0, 0.1) is 0 Å². The van der Waals surface area contributed by atoms with E-state index in [1.165, 1.54) is 30.5 Å². The summed E-state index contributed by atoms with van der Waals surface area (Å²) in [5.74, 6) is -0.210. The Labute approximate surface area is 179 Å². The van der Waals surface area contributed by atoms with Gasteiger partial charge in [0.1, 0.15) is 0 Å². The highest BCUT2D eigenvalue weighted by Crippen LogP contribution is 2.19. The van der Waals surface area contributed by atoms with Crippen molar-refractivity contribution in [2.45, 2.75) is 18.2 Å². The average Bonchev–Trinajstić information content (AvgIpc) is 2.73. The van der Waals surface area contributed by atoms with Crippen molar-refractivity contribution >= 4 is 51.3 Å². The first-order chi connectivity index (χ1) is 14.4. The molecular weight excluding hydrogens is 424 g/mol. The van der Waals surface area contributed by atoms with E-state index in [9.17, 15) is 13.2 Å². The monoisotopic (exact) mass is 442 g/mol. The number of carbonyl (C=O) groups is 1. The number of amides is 1. The van der Waals surface area contributed by atoms with Crippen molar-refractivity contribution in [3.63, 3.8) is 0 Å². The lowest BCUT2D eigenvalue weighted by Gasteiger charge is -2.08. The highest BCUT2D eigenvalue weighted by Gasteiger charge is 2.16. The molecule has 7 nitrogen and oxygen atoms in total. The number of sulfonamides is 1. The summed E-state index contributed by atoms with van der Waals surface area (Å²) >= 11 is 6.13. The number of anilines is 2. The van der Waals surface area contributed by atoms with Crippen LogP contribution in [0.3, 0.4) is 0 Å². The molecule has 0 aliphatic rings. The fraction of sp³-hybridized carbons (Fsp3) is 0.0952. The van der Waals surface area contributed by atoms with Gasteiger partial charge in [-0.25, -0.2) is 23.1 Å². The summed E-state index contributed by atoms with van der Waals surface area (Å²) in [5, 5.41) is 3.26. The van der Waals surface area contributed by atoms with E-state index in [1.807, 2.05) is 18.2 Å². The largest absolute Gasteiger partial charge is 0.326 e. The normalized spacial score (nSPS) is 11.4. The number of aromatic nitrogens is 2. The molecule has 0 aliphatic heterocycles. The second kappa shape index (κ2) is 9.51. The Balaban J connectivity index is 1.75. The Morgan fingerprint density at radius 2 is 1.80 bits per heavy atom. The van der Waals surface area contributed by atoms with Crippen LogP contribution in [0.1, 0.15) is 24.6 Å². The molecule has 2 aromatic carbocycles. The Bertz CT molecular complexity index is 1180. The number of hydrogen-bond donors (Lipinski definition) is 2. The van der Waals surface area contributed by atoms with Crippen LogP contribution in [-0.4, -0.2) is 24.3 Å². The Kier molecular flexibility index (Phi) is 6.81. The lowest BCUT2D eigenvalue weighted by atomic mass is 10.2. The predicted octanol–water partition coefficient (Wildman–Crippen LogP) is 4.45. The highest BCUT2D eigenvalue weighted by atomic mass is 35.5. The fourth-order valence-corrected chi connectivity index (χ4v) is 3.60. The summed E-state index contributed by atoms with van der Waals surface area (Å²) in [6.45, 7) is 1.73. The molecule has 1 aromatic heterocycles. The zero-order chi connectivity index (χ0) is 21.6. The number of nitrogens with one attached hydrogen (secondary N) is 2. The summed E-state index contributed by atoms with van der Waals surface area (Å²) in [4.78, 5) is 19.6. The third-order valence-corrected chi connectivity index (χ3v) is 5.70. The van der Waals surface area contributed by atoms with Crippen molar-refractivity contribution in [2.75, 3.05) is 10.0 Å². The maximum Gasteiger partial charge on any atom is 0.264 e. The third kappa shape index (κ3) is 5.65. The molecule has 0 atom stereocenters. The van der Waals surface area contributed by atoms with Gasteiger partial charge in [-0.1, -0.05) is 42.8 Å². The summed E-state index contributed by atoms with van der Waals surface area (Å²) < 4.78 is 27.6. The fourth-order valence-electron chi connectivity index (χ4n) is 2.45. The van der Waals surface area contributed by atoms with Gasteiger partial charge in [0.2, 0.25) is 11.9 Å². The van der Waals surface area contributed by atoms with Crippen molar-refractivity contribution in [2.24, 2.45) is 0 Å². The van der Waals surface area contributed by atoms with Crippen LogP contribution >= 0.6 is 11.6 Å². The smallest absolute Gasteiger partial charge is 0.264 e. The first kappa shape index (κ1) is 21.5. The first-order valence-corrected chi connectivity index (χ1v) is 10.9. The highest BCUT2D eigenvalue weighted by molar-refractivity contribution is 7.92. The maximum atomic E-state index is 12.6. The van der Waals surface area contributed by atoms with Gasteiger partial charge in [-0.3, -0.25) is 4.79 Å². The molecule has 0 fully saturated rings. The Morgan fingerprint density at radius 1 is 1.07 bits per heavy atom.